The molecule has 4 rings (SSSR count). The smallest absolute Gasteiger partial charge is 0.300 e. The molecule has 1 aliphatic heterocycles. The Morgan fingerprint density at radius 2 is 1.60 bits per heavy atom. The highest BCUT2D eigenvalue weighted by Crippen LogP contribution is 2.42. The number of carbonyl (C=O) groups is 3. The predicted octanol–water partition coefficient (Wildman–Crippen LogP) is 4.83. The van der Waals surface area contributed by atoms with Gasteiger partial charge < -0.3 is 10.4 Å². The molecule has 0 radical (unpaired) electrons. The maximum atomic E-state index is 13.2. The number of nitrogens with one attached hydrogen (secondary N) is 1. The Bertz CT molecular complexity index is 1370. The SMILES string of the molecule is CC(=O)Nc1ccc(N2C(=O)C(=O)/C(=C(/O)c3ccc([N+](=O)[O-])cc3)[C@@H]2c2ccc(Cl)cc2)cc1. The average molecular weight is 492 g/mol. The molecule has 0 spiro atoms. The number of nitrogens with zero attached hydrogens (tertiary/aromatic N) is 2. The second kappa shape index (κ2) is 9.40. The fraction of sp³-hybridized carbons (Fsp3) is 0.0800. The van der Waals surface area contributed by atoms with E-state index < -0.39 is 28.4 Å². The fourth-order valence-electron chi connectivity index (χ4n) is 3.86. The minimum Gasteiger partial charge on any atom is -0.507 e. The van der Waals surface area contributed by atoms with Gasteiger partial charge >= 0.3 is 0 Å². The van der Waals surface area contributed by atoms with E-state index in [4.69, 9.17) is 11.6 Å². The van der Waals surface area contributed by atoms with Gasteiger partial charge in [0.05, 0.1) is 16.5 Å². The molecule has 0 saturated carbocycles. The molecule has 1 heterocycles. The molecule has 1 aliphatic rings. The minimum absolute atomic E-state index is 0.147. The molecule has 0 aliphatic carbocycles. The second-order valence-corrected chi connectivity index (χ2v) is 8.19. The summed E-state index contributed by atoms with van der Waals surface area (Å²) in [5, 5.41) is 25.1. The van der Waals surface area contributed by atoms with Crippen LogP contribution in [0.1, 0.15) is 24.1 Å². The van der Waals surface area contributed by atoms with E-state index in [1.807, 2.05) is 0 Å². The second-order valence-electron chi connectivity index (χ2n) is 7.75. The summed E-state index contributed by atoms with van der Waals surface area (Å²) in [6.45, 7) is 1.37. The van der Waals surface area contributed by atoms with Crippen LogP contribution in [0, 0.1) is 10.1 Å². The molecule has 0 bridgehead atoms. The van der Waals surface area contributed by atoms with E-state index in [1.54, 1.807) is 48.5 Å². The van der Waals surface area contributed by atoms with Gasteiger partial charge in [-0.05, 0) is 54.1 Å². The van der Waals surface area contributed by atoms with Crippen LogP contribution in [0.2, 0.25) is 5.02 Å². The quantitative estimate of drug-likeness (QED) is 0.173. The van der Waals surface area contributed by atoms with Crippen LogP contribution < -0.4 is 10.2 Å². The Morgan fingerprint density at radius 1 is 1.00 bits per heavy atom. The first-order chi connectivity index (χ1) is 16.7. The Balaban J connectivity index is 1.85. The largest absolute Gasteiger partial charge is 0.507 e. The zero-order valence-electron chi connectivity index (χ0n) is 18.3. The number of aliphatic hydroxyl groups excluding tert-OH is 1. The molecule has 2 amide bonds. The van der Waals surface area contributed by atoms with E-state index in [1.165, 1.54) is 36.1 Å². The Labute approximate surface area is 204 Å². The van der Waals surface area contributed by atoms with Crippen molar-refractivity contribution in [1.29, 1.82) is 0 Å². The first-order valence-electron chi connectivity index (χ1n) is 10.4. The summed E-state index contributed by atoms with van der Waals surface area (Å²) in [7, 11) is 0. The summed E-state index contributed by atoms with van der Waals surface area (Å²) in [4.78, 5) is 49.3. The van der Waals surface area contributed by atoms with Crippen molar-refractivity contribution in [2.45, 2.75) is 13.0 Å². The van der Waals surface area contributed by atoms with Gasteiger partial charge in [-0.1, -0.05) is 23.7 Å². The van der Waals surface area contributed by atoms with Crippen LogP contribution in [-0.4, -0.2) is 27.6 Å². The molecule has 9 nitrogen and oxygen atoms in total. The van der Waals surface area contributed by atoms with Crippen LogP contribution in [0.15, 0.2) is 78.4 Å². The van der Waals surface area contributed by atoms with Gasteiger partial charge in [0.15, 0.2) is 0 Å². The van der Waals surface area contributed by atoms with Crippen LogP contribution >= 0.6 is 11.6 Å². The zero-order chi connectivity index (χ0) is 25.3. The number of hydrogen-bond donors (Lipinski definition) is 2. The molecule has 1 saturated heterocycles. The van der Waals surface area contributed by atoms with Crippen LogP contribution in [-0.2, 0) is 14.4 Å². The van der Waals surface area contributed by atoms with E-state index in [2.05, 4.69) is 5.32 Å². The number of nitro groups is 1. The standard InChI is InChI=1S/C25H18ClN3O6/c1-14(30)27-18-8-12-19(13-9-18)28-22(15-2-6-17(26)7-3-15)21(24(32)25(28)33)23(31)16-4-10-20(11-5-16)29(34)35/h2-13,22,31H,1H3,(H,27,30)/b23-21+/t22-/m0/s1. The van der Waals surface area contributed by atoms with Gasteiger partial charge in [0.2, 0.25) is 5.91 Å². The highest BCUT2D eigenvalue weighted by atomic mass is 35.5. The van der Waals surface area contributed by atoms with E-state index in [0.717, 1.165) is 0 Å². The van der Waals surface area contributed by atoms with Gasteiger partial charge in [0.1, 0.15) is 5.76 Å². The number of Topliss-reactive ketones (excluding diaryl/α,β-unsaturated/α-hetero) is 1. The van der Waals surface area contributed by atoms with Crippen LogP contribution in [0.4, 0.5) is 17.1 Å². The highest BCUT2D eigenvalue weighted by molar-refractivity contribution is 6.51. The molecule has 35 heavy (non-hydrogen) atoms. The molecule has 0 unspecified atom stereocenters. The number of hydrogen-bond acceptors (Lipinski definition) is 6. The monoisotopic (exact) mass is 491 g/mol. The number of benzene rings is 3. The lowest BCUT2D eigenvalue weighted by Gasteiger charge is -2.25. The molecule has 176 valence electrons. The molecular formula is C25H18ClN3O6. The molecule has 2 N–H and O–H groups in total. The van der Waals surface area contributed by atoms with Crippen LogP contribution in [0.3, 0.4) is 0 Å². The van der Waals surface area contributed by atoms with Gasteiger partial charge in [0.25, 0.3) is 17.4 Å². The third-order valence-electron chi connectivity index (χ3n) is 5.45. The third kappa shape index (κ3) is 4.62. The molecule has 3 aromatic carbocycles. The number of carbonyl (C=O) groups excluding carboxylic acids is 3. The number of non-ortho nitro benzene ring substituents is 1. The molecule has 3 aromatic rings. The molecular weight excluding hydrogens is 474 g/mol. The normalized spacial score (nSPS) is 16.9. The number of amides is 2. The number of anilines is 2. The first-order valence-corrected chi connectivity index (χ1v) is 10.7. The maximum Gasteiger partial charge on any atom is 0.300 e. The molecule has 0 aromatic heterocycles. The van der Waals surface area contributed by atoms with Crippen molar-refractivity contribution in [2.24, 2.45) is 0 Å². The van der Waals surface area contributed by atoms with Crippen molar-refractivity contribution in [1.82, 2.24) is 0 Å². The van der Waals surface area contributed by atoms with E-state index in [9.17, 15) is 29.6 Å². The number of rotatable bonds is 5. The van der Waals surface area contributed by atoms with Gasteiger partial charge in [-0.2, -0.15) is 0 Å². The minimum atomic E-state index is -0.992. The van der Waals surface area contributed by atoms with Crippen molar-refractivity contribution >= 4 is 52.0 Å². The summed E-state index contributed by atoms with van der Waals surface area (Å²) in [5.41, 5.74) is 1.18. The first kappa shape index (κ1) is 23.7. The summed E-state index contributed by atoms with van der Waals surface area (Å²) in [6.07, 6.45) is 0. The Hall–Kier alpha value is -4.50. The van der Waals surface area contributed by atoms with Crippen molar-refractivity contribution in [2.75, 3.05) is 10.2 Å². The molecule has 1 atom stereocenters. The van der Waals surface area contributed by atoms with Crippen molar-refractivity contribution in [3.05, 3.63) is 105 Å². The van der Waals surface area contributed by atoms with E-state index in [0.29, 0.717) is 22.0 Å². The van der Waals surface area contributed by atoms with Gasteiger partial charge in [-0.3, -0.25) is 29.4 Å². The van der Waals surface area contributed by atoms with Crippen LogP contribution in [0.25, 0.3) is 5.76 Å². The van der Waals surface area contributed by atoms with Crippen molar-refractivity contribution in [3.8, 4) is 0 Å². The van der Waals surface area contributed by atoms with E-state index >= 15 is 0 Å². The summed E-state index contributed by atoms with van der Waals surface area (Å²) >= 11 is 6.02. The summed E-state index contributed by atoms with van der Waals surface area (Å²) < 4.78 is 0. The Kier molecular flexibility index (Phi) is 6.35. The van der Waals surface area contributed by atoms with Crippen LogP contribution in [0.5, 0.6) is 0 Å². The molecule has 10 heteroatoms. The van der Waals surface area contributed by atoms with Crippen molar-refractivity contribution < 1.29 is 24.4 Å². The summed E-state index contributed by atoms with van der Waals surface area (Å²) in [5.74, 6) is -2.49. The lowest BCUT2D eigenvalue weighted by atomic mass is 9.95. The fourth-order valence-corrected chi connectivity index (χ4v) is 3.99. The lowest BCUT2D eigenvalue weighted by molar-refractivity contribution is -0.384. The van der Waals surface area contributed by atoms with Gasteiger partial charge in [0, 0.05) is 41.0 Å². The zero-order valence-corrected chi connectivity index (χ0v) is 19.0. The lowest BCUT2D eigenvalue weighted by Crippen LogP contribution is -2.29. The average Bonchev–Trinajstić information content (AvgIpc) is 3.10. The third-order valence-corrected chi connectivity index (χ3v) is 5.70. The van der Waals surface area contributed by atoms with E-state index in [-0.39, 0.29) is 22.7 Å². The number of halogens is 1. The topological polar surface area (TPSA) is 130 Å². The number of nitro benzene ring substituents is 1. The number of ketones is 1. The molecule has 1 fully saturated rings. The Morgan fingerprint density at radius 3 is 2.14 bits per heavy atom. The number of aliphatic hydroxyl groups is 1. The summed E-state index contributed by atoms with van der Waals surface area (Å²) in [6, 6.07) is 16.8. The van der Waals surface area contributed by atoms with Gasteiger partial charge in [-0.25, -0.2) is 0 Å². The van der Waals surface area contributed by atoms with Gasteiger partial charge in [-0.15, -0.1) is 0 Å². The maximum absolute atomic E-state index is 13.2. The van der Waals surface area contributed by atoms with Crippen molar-refractivity contribution in [3.63, 3.8) is 0 Å². The highest BCUT2D eigenvalue weighted by Gasteiger charge is 2.47. The predicted molar refractivity (Wildman–Crippen MR) is 130 cm³/mol.